The summed E-state index contributed by atoms with van der Waals surface area (Å²) in [4.78, 5) is 12.7. The molecule has 0 saturated carbocycles. The molecule has 0 spiro atoms. The van der Waals surface area contributed by atoms with Crippen LogP contribution in [0, 0.1) is 12.8 Å². The molecular formula is C20H22O6. The standard InChI is InChI=1S/C20H22O6/c1-10(2)7-13(21)12-5-6-15-17(18(12)24-4)20(23)26-16-9-11(3)8-14(22)19(16)25-15/h5-6,8-10,13,21-22H,7H2,1-4H3/t13-/m0/s1. The second-order valence-electron chi connectivity index (χ2n) is 6.81. The number of aliphatic hydroxyl groups excluding tert-OH is 1. The summed E-state index contributed by atoms with van der Waals surface area (Å²) in [5.74, 6) is 0.0915. The molecule has 1 heterocycles. The Kier molecular flexibility index (Phi) is 4.78. The molecule has 2 aromatic carbocycles. The molecule has 0 saturated heterocycles. The minimum atomic E-state index is -0.788. The Hall–Kier alpha value is -2.73. The van der Waals surface area contributed by atoms with Crippen molar-refractivity contribution < 1.29 is 29.2 Å². The van der Waals surface area contributed by atoms with E-state index in [-0.39, 0.29) is 40.2 Å². The molecule has 0 aliphatic carbocycles. The Morgan fingerprint density at radius 3 is 2.54 bits per heavy atom. The minimum Gasteiger partial charge on any atom is -0.504 e. The summed E-state index contributed by atoms with van der Waals surface area (Å²) < 4.78 is 16.6. The molecule has 2 N–H and O–H groups in total. The lowest BCUT2D eigenvalue weighted by molar-refractivity contribution is 0.0733. The van der Waals surface area contributed by atoms with Gasteiger partial charge in [-0.3, -0.25) is 0 Å². The average Bonchev–Trinajstić information content (AvgIpc) is 2.69. The van der Waals surface area contributed by atoms with E-state index in [1.807, 2.05) is 13.8 Å². The molecule has 0 fully saturated rings. The van der Waals surface area contributed by atoms with Gasteiger partial charge in [0.1, 0.15) is 17.1 Å². The maximum atomic E-state index is 12.7. The van der Waals surface area contributed by atoms with E-state index in [9.17, 15) is 15.0 Å². The highest BCUT2D eigenvalue weighted by atomic mass is 16.6. The predicted molar refractivity (Wildman–Crippen MR) is 95.3 cm³/mol. The quantitative estimate of drug-likeness (QED) is 0.632. The second kappa shape index (κ2) is 6.88. The van der Waals surface area contributed by atoms with Gasteiger partial charge in [-0.05, 0) is 49.1 Å². The number of aromatic hydroxyl groups is 1. The highest BCUT2D eigenvalue weighted by molar-refractivity contribution is 5.99. The van der Waals surface area contributed by atoms with E-state index in [4.69, 9.17) is 14.2 Å². The number of methoxy groups -OCH3 is 1. The summed E-state index contributed by atoms with van der Waals surface area (Å²) in [5.41, 5.74) is 1.30. The Labute approximate surface area is 151 Å². The Bertz CT molecular complexity index is 856. The number of rotatable bonds is 4. The van der Waals surface area contributed by atoms with Crippen LogP contribution in [0.15, 0.2) is 24.3 Å². The van der Waals surface area contributed by atoms with E-state index in [1.165, 1.54) is 13.2 Å². The number of ether oxygens (including phenoxy) is 3. The number of fused-ring (bicyclic) bond motifs is 2. The molecule has 1 aliphatic heterocycles. The Balaban J connectivity index is 2.13. The number of phenolic OH excluding ortho intramolecular Hbond substituents is 1. The van der Waals surface area contributed by atoms with E-state index in [0.717, 1.165) is 5.56 Å². The number of carbonyl (C=O) groups excluding carboxylic acids is 1. The summed E-state index contributed by atoms with van der Waals surface area (Å²) in [6.45, 7) is 5.77. The average molecular weight is 358 g/mol. The zero-order chi connectivity index (χ0) is 19.0. The number of aryl methyl sites for hydroxylation is 1. The van der Waals surface area contributed by atoms with Gasteiger partial charge >= 0.3 is 5.97 Å². The number of hydrogen-bond acceptors (Lipinski definition) is 6. The third-order valence-electron chi connectivity index (χ3n) is 4.21. The topological polar surface area (TPSA) is 85.2 Å². The first kappa shape index (κ1) is 18.1. The van der Waals surface area contributed by atoms with E-state index in [2.05, 4.69) is 0 Å². The molecule has 0 bridgehead atoms. The van der Waals surface area contributed by atoms with Crippen LogP contribution in [0.3, 0.4) is 0 Å². The highest BCUT2D eigenvalue weighted by Gasteiger charge is 2.31. The summed E-state index contributed by atoms with van der Waals surface area (Å²) in [7, 11) is 1.42. The number of esters is 1. The fourth-order valence-electron chi connectivity index (χ4n) is 3.08. The van der Waals surface area contributed by atoms with E-state index >= 15 is 0 Å². The van der Waals surface area contributed by atoms with E-state index < -0.39 is 12.1 Å². The van der Waals surface area contributed by atoms with E-state index in [1.54, 1.807) is 25.1 Å². The van der Waals surface area contributed by atoms with E-state index in [0.29, 0.717) is 12.0 Å². The van der Waals surface area contributed by atoms with Gasteiger partial charge < -0.3 is 24.4 Å². The van der Waals surface area contributed by atoms with Gasteiger partial charge in [0, 0.05) is 5.56 Å². The van der Waals surface area contributed by atoms with Gasteiger partial charge in [-0.2, -0.15) is 0 Å². The van der Waals surface area contributed by atoms with Crippen molar-refractivity contribution in [3.63, 3.8) is 0 Å². The third-order valence-corrected chi connectivity index (χ3v) is 4.21. The van der Waals surface area contributed by atoms with Gasteiger partial charge in [0.2, 0.25) is 5.75 Å². The minimum absolute atomic E-state index is 0.0697. The van der Waals surface area contributed by atoms with Crippen molar-refractivity contribution in [2.24, 2.45) is 5.92 Å². The van der Waals surface area contributed by atoms with Crippen molar-refractivity contribution in [3.05, 3.63) is 41.0 Å². The van der Waals surface area contributed by atoms with Crippen molar-refractivity contribution >= 4 is 5.97 Å². The summed E-state index contributed by atoms with van der Waals surface area (Å²) in [5, 5.41) is 20.7. The van der Waals surface area contributed by atoms with Gasteiger partial charge in [0.05, 0.1) is 13.2 Å². The zero-order valence-electron chi connectivity index (χ0n) is 15.2. The first-order valence-corrected chi connectivity index (χ1v) is 8.44. The monoisotopic (exact) mass is 358 g/mol. The first-order valence-electron chi connectivity index (χ1n) is 8.44. The molecule has 3 rings (SSSR count). The lowest BCUT2D eigenvalue weighted by atomic mass is 9.96. The van der Waals surface area contributed by atoms with Gasteiger partial charge in [-0.25, -0.2) is 4.79 Å². The number of phenols is 1. The lowest BCUT2D eigenvalue weighted by Gasteiger charge is -2.19. The Morgan fingerprint density at radius 1 is 1.15 bits per heavy atom. The molecule has 0 unspecified atom stereocenters. The van der Waals surface area contributed by atoms with Crippen molar-refractivity contribution in [1.29, 1.82) is 0 Å². The molecule has 2 aromatic rings. The van der Waals surface area contributed by atoms with Crippen LogP contribution in [0.25, 0.3) is 0 Å². The fraction of sp³-hybridized carbons (Fsp3) is 0.350. The molecule has 0 radical (unpaired) electrons. The highest BCUT2D eigenvalue weighted by Crippen LogP contribution is 2.47. The molecule has 26 heavy (non-hydrogen) atoms. The SMILES string of the molecule is COc1c([C@@H](O)CC(C)C)ccc2c1C(=O)Oc1cc(C)cc(O)c1O2. The predicted octanol–water partition coefficient (Wildman–Crippen LogP) is 4.11. The maximum absolute atomic E-state index is 12.7. The van der Waals surface area contributed by atoms with Gasteiger partial charge in [0.15, 0.2) is 11.5 Å². The largest absolute Gasteiger partial charge is 0.504 e. The molecular weight excluding hydrogens is 336 g/mol. The molecule has 1 atom stereocenters. The van der Waals surface area contributed by atoms with Crippen LogP contribution in [0.1, 0.15) is 47.9 Å². The third kappa shape index (κ3) is 3.20. The van der Waals surface area contributed by atoms with Crippen molar-refractivity contribution in [2.45, 2.75) is 33.3 Å². The van der Waals surface area contributed by atoms with Crippen LogP contribution in [0.5, 0.6) is 28.7 Å². The van der Waals surface area contributed by atoms with Crippen molar-refractivity contribution in [3.8, 4) is 28.7 Å². The molecule has 0 amide bonds. The maximum Gasteiger partial charge on any atom is 0.351 e. The van der Waals surface area contributed by atoms with Gasteiger partial charge in [0.25, 0.3) is 0 Å². The van der Waals surface area contributed by atoms with Crippen LogP contribution < -0.4 is 14.2 Å². The molecule has 6 heteroatoms. The van der Waals surface area contributed by atoms with Crippen molar-refractivity contribution in [1.82, 2.24) is 0 Å². The zero-order valence-corrected chi connectivity index (χ0v) is 15.2. The number of hydrogen-bond donors (Lipinski definition) is 2. The second-order valence-corrected chi connectivity index (χ2v) is 6.81. The lowest BCUT2D eigenvalue weighted by Crippen LogP contribution is -2.12. The fourth-order valence-corrected chi connectivity index (χ4v) is 3.08. The van der Waals surface area contributed by atoms with Gasteiger partial charge in [-0.15, -0.1) is 0 Å². The summed E-state index contributed by atoms with van der Waals surface area (Å²) in [6.07, 6.45) is -0.269. The number of aliphatic hydroxyl groups is 1. The molecule has 1 aliphatic rings. The van der Waals surface area contributed by atoms with Crippen molar-refractivity contribution in [2.75, 3.05) is 7.11 Å². The first-order chi connectivity index (χ1) is 12.3. The Morgan fingerprint density at radius 2 is 1.88 bits per heavy atom. The number of benzene rings is 2. The molecule has 0 aromatic heterocycles. The van der Waals surface area contributed by atoms with Crippen LogP contribution in [-0.4, -0.2) is 23.3 Å². The molecule has 138 valence electrons. The van der Waals surface area contributed by atoms with Crippen LogP contribution in [0.4, 0.5) is 0 Å². The smallest absolute Gasteiger partial charge is 0.351 e. The van der Waals surface area contributed by atoms with Crippen LogP contribution in [0.2, 0.25) is 0 Å². The number of carbonyl (C=O) groups is 1. The normalized spacial score (nSPS) is 14.0. The summed E-state index contributed by atoms with van der Waals surface area (Å²) in [6, 6.07) is 6.37. The van der Waals surface area contributed by atoms with Crippen LogP contribution >= 0.6 is 0 Å². The summed E-state index contributed by atoms with van der Waals surface area (Å²) >= 11 is 0. The van der Waals surface area contributed by atoms with Crippen LogP contribution in [-0.2, 0) is 0 Å². The molecule has 6 nitrogen and oxygen atoms in total. The van der Waals surface area contributed by atoms with Gasteiger partial charge in [-0.1, -0.05) is 13.8 Å².